The van der Waals surface area contributed by atoms with Gasteiger partial charge in [-0.2, -0.15) is 0 Å². The summed E-state index contributed by atoms with van der Waals surface area (Å²) in [6, 6.07) is 26.5. The molecule has 0 fully saturated rings. The molecule has 4 nitrogen and oxygen atoms in total. The van der Waals surface area contributed by atoms with Crippen molar-refractivity contribution in [2.45, 2.75) is 0 Å². The van der Waals surface area contributed by atoms with Crippen LogP contribution < -0.4 is 54.6 Å². The molecule has 0 atom stereocenters. The third-order valence-electron chi connectivity index (χ3n) is 9.93. The number of rotatable bonds is 4. The molecular weight excluding hydrogens is 667 g/mol. The lowest BCUT2D eigenvalue weighted by Crippen LogP contribution is -2.55. The highest BCUT2D eigenvalue weighted by Gasteiger charge is 2.22. The van der Waals surface area contributed by atoms with Gasteiger partial charge in [-0.25, -0.2) is 15.0 Å². The van der Waals surface area contributed by atoms with Crippen LogP contribution in [0.5, 0.6) is 0 Å². The molecule has 0 aliphatic rings. The summed E-state index contributed by atoms with van der Waals surface area (Å²) in [5, 5.41) is 4.16. The fourth-order valence-electron chi connectivity index (χ4n) is 7.06. The molecule has 6 aromatic carbocycles. The molecule has 0 saturated heterocycles. The molecule has 54 heavy (non-hydrogen) atoms. The van der Waals surface area contributed by atoms with E-state index in [0.717, 1.165) is 27.5 Å². The standard InChI is InChI=1S/C39H13B10N3OS/c40-26-24(27(41)31(45)34(48)30(26)44)38-50-37(51-39(52-38)25-28(42)32(46)35(49)33(47)29(25)43)14-11-12-20-19(13-14)23-16(6-4-9-21(23)53-20)18-8-3-7-17-15-5-1-2-10-22(15)54-36(17)18/h1-13H. The van der Waals surface area contributed by atoms with Crippen LogP contribution in [-0.4, -0.2) is 93.4 Å². The van der Waals surface area contributed by atoms with Crippen molar-refractivity contribution >= 4 is 187 Å². The Labute approximate surface area is 328 Å². The molecule has 15 heteroatoms. The summed E-state index contributed by atoms with van der Waals surface area (Å²) in [6.45, 7) is 0. The van der Waals surface area contributed by atoms with Crippen molar-refractivity contribution in [3.63, 3.8) is 0 Å². The molecule has 20 radical (unpaired) electrons. The lowest BCUT2D eigenvalue weighted by molar-refractivity contribution is 0.669. The van der Waals surface area contributed by atoms with Gasteiger partial charge in [-0.15, -0.1) is 44.1 Å². The lowest BCUT2D eigenvalue weighted by atomic mass is 9.60. The van der Waals surface area contributed by atoms with Crippen molar-refractivity contribution in [2.24, 2.45) is 0 Å². The van der Waals surface area contributed by atoms with E-state index in [0.29, 0.717) is 11.1 Å². The first kappa shape index (κ1) is 34.7. The van der Waals surface area contributed by atoms with Gasteiger partial charge < -0.3 is 4.42 Å². The summed E-state index contributed by atoms with van der Waals surface area (Å²) in [6.07, 6.45) is 0. The van der Waals surface area contributed by atoms with Crippen molar-refractivity contribution in [1.82, 2.24) is 15.0 Å². The van der Waals surface area contributed by atoms with Gasteiger partial charge in [0.05, 0.1) is 0 Å². The average Bonchev–Trinajstić information content (AvgIpc) is 3.76. The Morgan fingerprint density at radius 3 is 1.57 bits per heavy atom. The van der Waals surface area contributed by atoms with Crippen LogP contribution >= 0.6 is 11.3 Å². The molecule has 3 aromatic heterocycles. The van der Waals surface area contributed by atoms with Gasteiger partial charge in [-0.1, -0.05) is 70.4 Å². The number of benzene rings is 6. The van der Waals surface area contributed by atoms with Crippen LogP contribution in [0.25, 0.3) is 87.4 Å². The number of hydrogen-bond acceptors (Lipinski definition) is 5. The maximum absolute atomic E-state index is 6.49. The quantitative estimate of drug-likeness (QED) is 0.219. The molecule has 0 aliphatic carbocycles. The molecule has 0 saturated carbocycles. The maximum Gasteiger partial charge on any atom is 0.164 e. The van der Waals surface area contributed by atoms with E-state index in [1.165, 1.54) is 20.2 Å². The van der Waals surface area contributed by atoms with E-state index in [-0.39, 0.29) is 83.2 Å². The maximum atomic E-state index is 6.49. The minimum absolute atomic E-state index is 0.0189. The van der Waals surface area contributed by atoms with Gasteiger partial charge in [0.25, 0.3) is 0 Å². The average molecular weight is 680 g/mol. The van der Waals surface area contributed by atoms with E-state index in [4.69, 9.17) is 97.8 Å². The molecule has 0 N–H and O–H groups in total. The molecule has 226 valence electrons. The number of furan rings is 1. The molecule has 0 aliphatic heterocycles. The minimum Gasteiger partial charge on any atom is -0.456 e. The molecule has 0 unspecified atom stereocenters. The Morgan fingerprint density at radius 1 is 0.426 bits per heavy atom. The van der Waals surface area contributed by atoms with Gasteiger partial charge in [-0.05, 0) is 35.9 Å². The van der Waals surface area contributed by atoms with Gasteiger partial charge in [-0.3, -0.25) is 0 Å². The van der Waals surface area contributed by atoms with E-state index in [9.17, 15) is 0 Å². The van der Waals surface area contributed by atoms with Gasteiger partial charge in [0.15, 0.2) is 17.5 Å². The Kier molecular flexibility index (Phi) is 8.24. The van der Waals surface area contributed by atoms with E-state index in [2.05, 4.69) is 48.5 Å². The summed E-state index contributed by atoms with van der Waals surface area (Å²) >= 11 is 1.76. The van der Waals surface area contributed by atoms with E-state index >= 15 is 0 Å². The molecule has 9 aromatic rings. The van der Waals surface area contributed by atoms with E-state index in [1.807, 2.05) is 30.3 Å². The molecule has 0 amide bonds. The highest BCUT2D eigenvalue weighted by Crippen LogP contribution is 2.44. The van der Waals surface area contributed by atoms with E-state index in [1.54, 1.807) is 11.3 Å². The molecular formula is C39H13B10N3OS. The first-order valence-corrected chi connectivity index (χ1v) is 17.4. The Hall–Kier alpha value is -5.00. The van der Waals surface area contributed by atoms with E-state index < -0.39 is 0 Å². The van der Waals surface area contributed by atoms with Crippen molar-refractivity contribution < 1.29 is 4.42 Å². The Balaban J connectivity index is 1.32. The van der Waals surface area contributed by atoms with Crippen LogP contribution in [0.15, 0.2) is 83.3 Å². The van der Waals surface area contributed by atoms with Crippen LogP contribution in [0.2, 0.25) is 0 Å². The summed E-state index contributed by atoms with van der Waals surface area (Å²) in [7, 11) is 63.2. The third-order valence-corrected chi connectivity index (χ3v) is 11.1. The number of thiophene rings is 1. The Morgan fingerprint density at radius 2 is 0.944 bits per heavy atom. The van der Waals surface area contributed by atoms with Crippen LogP contribution in [0.1, 0.15) is 0 Å². The molecule has 0 bridgehead atoms. The lowest BCUT2D eigenvalue weighted by Gasteiger charge is -2.22. The number of nitrogens with zero attached hydrogens (tertiary/aromatic N) is 3. The first-order chi connectivity index (χ1) is 25.9. The monoisotopic (exact) mass is 681 g/mol. The highest BCUT2D eigenvalue weighted by molar-refractivity contribution is 7.26. The number of fused-ring (bicyclic) bond motifs is 6. The summed E-state index contributed by atoms with van der Waals surface area (Å²) < 4.78 is 8.80. The second-order valence-electron chi connectivity index (χ2n) is 13.0. The van der Waals surface area contributed by atoms with Gasteiger partial charge in [0.2, 0.25) is 0 Å². The van der Waals surface area contributed by atoms with Crippen molar-refractivity contribution in [2.75, 3.05) is 0 Å². The third kappa shape index (κ3) is 5.15. The minimum atomic E-state index is 0.0189. The number of hydrogen-bond donors (Lipinski definition) is 0. The van der Waals surface area contributed by atoms with Crippen molar-refractivity contribution in [3.8, 4) is 45.3 Å². The van der Waals surface area contributed by atoms with Crippen LogP contribution in [0, 0.1) is 0 Å². The van der Waals surface area contributed by atoms with Crippen LogP contribution in [-0.2, 0) is 0 Å². The predicted octanol–water partition coefficient (Wildman–Crippen LogP) is -1.26. The van der Waals surface area contributed by atoms with Crippen LogP contribution in [0.4, 0.5) is 0 Å². The van der Waals surface area contributed by atoms with Crippen molar-refractivity contribution in [3.05, 3.63) is 78.9 Å². The van der Waals surface area contributed by atoms with Crippen molar-refractivity contribution in [1.29, 1.82) is 0 Å². The molecule has 0 spiro atoms. The predicted molar refractivity (Wildman–Crippen MR) is 236 cm³/mol. The summed E-state index contributed by atoms with van der Waals surface area (Å²) in [5.41, 5.74) is 4.62. The SMILES string of the molecule is [B]c1c([B])c([B])c(-c2nc(-c3ccc4oc5cccc(-c6cccc7c6sc6ccccc67)c5c4c3)nc(-c3c([B])c([B])c([B])c([B])c3[B])n2)c([B])c1[B]. The highest BCUT2D eigenvalue weighted by atomic mass is 32.1. The van der Waals surface area contributed by atoms with Crippen LogP contribution in [0.3, 0.4) is 0 Å². The summed E-state index contributed by atoms with van der Waals surface area (Å²) in [5.74, 6) is 0.242. The zero-order valence-electron chi connectivity index (χ0n) is 28.4. The van der Waals surface area contributed by atoms with Gasteiger partial charge >= 0.3 is 0 Å². The van der Waals surface area contributed by atoms with Gasteiger partial charge in [0.1, 0.15) is 89.6 Å². The smallest absolute Gasteiger partial charge is 0.164 e. The Bertz CT molecular complexity index is 2940. The normalized spacial score (nSPS) is 11.7. The molecule has 3 heterocycles. The first-order valence-electron chi connectivity index (χ1n) is 16.6. The molecule has 9 rings (SSSR count). The second-order valence-corrected chi connectivity index (χ2v) is 14.0. The fraction of sp³-hybridized carbons (Fsp3) is 0. The number of aromatic nitrogens is 3. The zero-order chi connectivity index (χ0) is 37.7. The topological polar surface area (TPSA) is 51.8 Å². The fourth-order valence-corrected chi connectivity index (χ4v) is 8.29. The largest absolute Gasteiger partial charge is 0.456 e. The summed E-state index contributed by atoms with van der Waals surface area (Å²) in [4.78, 5) is 14.4. The zero-order valence-corrected chi connectivity index (χ0v) is 29.3. The second kappa shape index (κ2) is 12.8. The van der Waals surface area contributed by atoms with Gasteiger partial charge in [0, 0.05) is 53.2 Å².